The minimum atomic E-state index is -1.22. The lowest BCUT2D eigenvalue weighted by atomic mass is 10.1. The Morgan fingerprint density at radius 2 is 1.89 bits per heavy atom. The number of anilines is 3. The zero-order valence-electron chi connectivity index (χ0n) is 14.5. The molecular formula is C17H20N6O4. The third-order valence-corrected chi connectivity index (χ3v) is 4.73. The Balaban J connectivity index is 1.73. The van der Waals surface area contributed by atoms with Gasteiger partial charge in [0.25, 0.3) is 0 Å². The lowest BCUT2D eigenvalue weighted by molar-refractivity contribution is -0.0511. The highest BCUT2D eigenvalue weighted by atomic mass is 16.6. The van der Waals surface area contributed by atoms with E-state index in [-0.39, 0.29) is 0 Å². The Bertz CT molecular complexity index is 946. The van der Waals surface area contributed by atoms with Crippen LogP contribution < -0.4 is 10.6 Å². The number of aliphatic hydroxyl groups excluding tert-OH is 3. The van der Waals surface area contributed by atoms with Crippen LogP contribution in [0.4, 0.5) is 17.2 Å². The number of nitrogens with zero attached hydrogens (tertiary/aromatic N) is 5. The van der Waals surface area contributed by atoms with Crippen LogP contribution in [0.5, 0.6) is 0 Å². The molecule has 0 spiro atoms. The zero-order chi connectivity index (χ0) is 19.1. The fraction of sp³-hybridized carbons (Fsp3) is 0.353. The Hall–Kier alpha value is -2.79. The first-order valence-corrected chi connectivity index (χ1v) is 8.40. The third kappa shape index (κ3) is 2.88. The van der Waals surface area contributed by atoms with Gasteiger partial charge >= 0.3 is 0 Å². The van der Waals surface area contributed by atoms with Crippen molar-refractivity contribution >= 4 is 28.4 Å². The van der Waals surface area contributed by atoms with E-state index in [0.29, 0.717) is 22.7 Å². The Labute approximate surface area is 154 Å². The summed E-state index contributed by atoms with van der Waals surface area (Å²) in [6.07, 6.45) is -1.33. The molecule has 3 aromatic rings. The maximum absolute atomic E-state index is 10.3. The van der Waals surface area contributed by atoms with Crippen molar-refractivity contribution < 1.29 is 20.1 Å². The zero-order valence-corrected chi connectivity index (χ0v) is 14.5. The number of hydrogen-bond acceptors (Lipinski definition) is 9. The monoisotopic (exact) mass is 372 g/mol. The highest BCUT2D eigenvalue weighted by Crippen LogP contribution is 2.33. The predicted molar refractivity (Wildman–Crippen MR) is 97.2 cm³/mol. The highest BCUT2D eigenvalue weighted by Gasteiger charge is 2.44. The van der Waals surface area contributed by atoms with E-state index in [1.54, 1.807) is 12.1 Å². The van der Waals surface area contributed by atoms with Crippen LogP contribution in [0.2, 0.25) is 0 Å². The van der Waals surface area contributed by atoms with Gasteiger partial charge in [0.2, 0.25) is 0 Å². The van der Waals surface area contributed by atoms with Crippen molar-refractivity contribution in [1.82, 2.24) is 19.5 Å². The summed E-state index contributed by atoms with van der Waals surface area (Å²) in [7, 11) is 1.85. The molecule has 1 fully saturated rings. The van der Waals surface area contributed by atoms with Gasteiger partial charge in [-0.05, 0) is 24.3 Å². The average molecular weight is 372 g/mol. The van der Waals surface area contributed by atoms with Crippen molar-refractivity contribution in [2.24, 2.45) is 0 Å². The maximum atomic E-state index is 10.3. The van der Waals surface area contributed by atoms with E-state index in [9.17, 15) is 15.3 Å². The summed E-state index contributed by atoms with van der Waals surface area (Å²) in [4.78, 5) is 14.8. The van der Waals surface area contributed by atoms with Gasteiger partial charge in [0.05, 0.1) is 12.9 Å². The first kappa shape index (κ1) is 17.6. The SMILES string of the molecule is CN(c1ccc(N)cc1)c1ncnc2c1ncn2C1O[C@H](CO)[C@@H](O)[C@H]1O. The van der Waals surface area contributed by atoms with E-state index in [1.807, 2.05) is 24.1 Å². The van der Waals surface area contributed by atoms with E-state index in [0.717, 1.165) is 5.69 Å². The van der Waals surface area contributed by atoms with Crippen LogP contribution in [-0.2, 0) is 4.74 Å². The van der Waals surface area contributed by atoms with Crippen LogP contribution in [0.15, 0.2) is 36.9 Å². The Morgan fingerprint density at radius 3 is 2.56 bits per heavy atom. The van der Waals surface area contributed by atoms with Crippen LogP contribution in [0, 0.1) is 0 Å². The lowest BCUT2D eigenvalue weighted by Gasteiger charge is -2.19. The molecule has 0 amide bonds. The van der Waals surface area contributed by atoms with Crippen molar-refractivity contribution in [1.29, 1.82) is 0 Å². The van der Waals surface area contributed by atoms with Gasteiger partial charge in [-0.15, -0.1) is 0 Å². The molecule has 1 aliphatic heterocycles. The van der Waals surface area contributed by atoms with E-state index < -0.39 is 31.1 Å². The molecule has 1 aromatic carbocycles. The van der Waals surface area contributed by atoms with Gasteiger partial charge in [-0.3, -0.25) is 4.57 Å². The molecule has 4 atom stereocenters. The standard InChI is InChI=1S/C17H20N6O4/c1-22(10-4-2-9(18)3-5-10)15-12-16(20-7-19-15)23(8-21-12)17-14(26)13(25)11(6-24)27-17/h2-5,7-8,11,13-14,17,24-26H,6,18H2,1H3/t11-,13-,14-,17?/m1/s1. The third-order valence-electron chi connectivity index (χ3n) is 4.73. The second-order valence-electron chi connectivity index (χ2n) is 6.40. The largest absolute Gasteiger partial charge is 0.399 e. The van der Waals surface area contributed by atoms with Crippen molar-refractivity contribution in [2.75, 3.05) is 24.3 Å². The van der Waals surface area contributed by atoms with Crippen LogP contribution in [0.1, 0.15) is 6.23 Å². The van der Waals surface area contributed by atoms with Crippen molar-refractivity contribution in [3.63, 3.8) is 0 Å². The van der Waals surface area contributed by atoms with Crippen molar-refractivity contribution in [3.05, 3.63) is 36.9 Å². The topological polar surface area (TPSA) is 143 Å². The van der Waals surface area contributed by atoms with Gasteiger partial charge in [0.15, 0.2) is 23.2 Å². The summed E-state index contributed by atoms with van der Waals surface area (Å²) < 4.78 is 7.10. The number of nitrogen functional groups attached to an aromatic ring is 1. The number of aromatic nitrogens is 4. The van der Waals surface area contributed by atoms with Crippen molar-refractivity contribution in [2.45, 2.75) is 24.5 Å². The molecule has 0 radical (unpaired) electrons. The normalized spacial score (nSPS) is 25.2. The molecule has 0 saturated carbocycles. The second-order valence-corrected chi connectivity index (χ2v) is 6.40. The summed E-state index contributed by atoms with van der Waals surface area (Å²) in [5, 5.41) is 29.5. The molecule has 2 aromatic heterocycles. The Morgan fingerprint density at radius 1 is 1.15 bits per heavy atom. The fourth-order valence-electron chi connectivity index (χ4n) is 3.20. The van der Waals surface area contributed by atoms with Gasteiger partial charge in [-0.2, -0.15) is 0 Å². The fourth-order valence-corrected chi connectivity index (χ4v) is 3.20. The van der Waals surface area contributed by atoms with Crippen LogP contribution in [-0.4, -0.2) is 66.8 Å². The molecule has 0 bridgehead atoms. The van der Waals surface area contributed by atoms with Crippen LogP contribution in [0.3, 0.4) is 0 Å². The number of benzene rings is 1. The number of nitrogens with two attached hydrogens (primary N) is 1. The van der Waals surface area contributed by atoms with Gasteiger partial charge in [-0.1, -0.05) is 0 Å². The summed E-state index contributed by atoms with van der Waals surface area (Å²) >= 11 is 0. The number of hydrogen-bond donors (Lipinski definition) is 4. The smallest absolute Gasteiger partial charge is 0.167 e. The van der Waals surface area contributed by atoms with Crippen molar-refractivity contribution in [3.8, 4) is 0 Å². The maximum Gasteiger partial charge on any atom is 0.167 e. The molecule has 27 heavy (non-hydrogen) atoms. The number of fused-ring (bicyclic) bond motifs is 1. The summed E-state index contributed by atoms with van der Waals surface area (Å²) in [5.74, 6) is 0.565. The van der Waals surface area contributed by atoms with E-state index >= 15 is 0 Å². The molecule has 10 heteroatoms. The number of aliphatic hydroxyl groups is 3. The predicted octanol–water partition coefficient (Wildman–Crippen LogP) is -0.212. The summed E-state index contributed by atoms with van der Waals surface area (Å²) in [5.41, 5.74) is 8.22. The minimum Gasteiger partial charge on any atom is -0.399 e. The Kier molecular flexibility index (Phi) is 4.40. The molecular weight excluding hydrogens is 352 g/mol. The molecule has 1 unspecified atom stereocenters. The number of ether oxygens (including phenoxy) is 1. The van der Waals surface area contributed by atoms with E-state index in [4.69, 9.17) is 10.5 Å². The molecule has 3 heterocycles. The highest BCUT2D eigenvalue weighted by molar-refractivity contribution is 5.86. The van der Waals surface area contributed by atoms with Gasteiger partial charge in [-0.25, -0.2) is 15.0 Å². The molecule has 5 N–H and O–H groups in total. The average Bonchev–Trinajstić information content (AvgIpc) is 3.23. The first-order chi connectivity index (χ1) is 13.0. The van der Waals surface area contributed by atoms with Crippen LogP contribution in [0.25, 0.3) is 11.2 Å². The van der Waals surface area contributed by atoms with Gasteiger partial charge in [0.1, 0.15) is 24.6 Å². The van der Waals surface area contributed by atoms with E-state index in [1.165, 1.54) is 17.2 Å². The van der Waals surface area contributed by atoms with E-state index in [2.05, 4.69) is 15.0 Å². The quantitative estimate of drug-likeness (QED) is 0.457. The molecule has 4 rings (SSSR count). The second kappa shape index (κ2) is 6.74. The number of imidazole rings is 1. The summed E-state index contributed by atoms with van der Waals surface area (Å²) in [6.45, 7) is -0.401. The van der Waals surface area contributed by atoms with Gasteiger partial charge in [0, 0.05) is 18.4 Å². The number of rotatable bonds is 4. The first-order valence-electron chi connectivity index (χ1n) is 8.40. The van der Waals surface area contributed by atoms with Gasteiger partial charge < -0.3 is 30.7 Å². The molecule has 1 aliphatic rings. The minimum absolute atomic E-state index is 0.401. The molecule has 10 nitrogen and oxygen atoms in total. The molecule has 142 valence electrons. The summed E-state index contributed by atoms with van der Waals surface area (Å²) in [6, 6.07) is 7.32. The molecule has 1 saturated heterocycles. The lowest BCUT2D eigenvalue weighted by Crippen LogP contribution is -2.33. The van der Waals surface area contributed by atoms with Crippen LogP contribution >= 0.6 is 0 Å². The molecule has 0 aliphatic carbocycles.